The summed E-state index contributed by atoms with van der Waals surface area (Å²) >= 11 is 1.72. The van der Waals surface area contributed by atoms with Gasteiger partial charge in [-0.3, -0.25) is 4.79 Å². The Hall–Kier alpha value is -0.580. The van der Waals surface area contributed by atoms with E-state index in [1.807, 2.05) is 0 Å². The van der Waals surface area contributed by atoms with E-state index in [-0.39, 0.29) is 18.3 Å². The summed E-state index contributed by atoms with van der Waals surface area (Å²) in [6.45, 7) is 5.04. The molecule has 0 aromatic carbocycles. The number of carbonyl (C=O) groups is 1. The summed E-state index contributed by atoms with van der Waals surface area (Å²) in [4.78, 5) is 14.7. The van der Waals surface area contributed by atoms with Crippen LogP contribution >= 0.6 is 23.7 Å². The maximum Gasteiger partial charge on any atom is 0.226 e. The number of carbonyl (C=O) groups excluding carboxylic acids is 1. The van der Waals surface area contributed by atoms with Gasteiger partial charge in [0.05, 0.1) is 6.04 Å². The number of rotatable bonds is 3. The average Bonchev–Trinajstić information content (AvgIpc) is 2.95. The number of hydrogen-bond acceptors (Lipinski definition) is 3. The van der Waals surface area contributed by atoms with Crippen LogP contribution in [0, 0.1) is 11.8 Å². The van der Waals surface area contributed by atoms with Gasteiger partial charge in [-0.15, -0.1) is 12.4 Å². The van der Waals surface area contributed by atoms with Crippen molar-refractivity contribution in [2.24, 2.45) is 11.8 Å². The van der Waals surface area contributed by atoms with Crippen molar-refractivity contribution in [1.82, 2.24) is 10.2 Å². The number of thiophene rings is 1. The number of nitrogens with zero attached hydrogens (tertiary/aromatic N) is 1. The van der Waals surface area contributed by atoms with Gasteiger partial charge in [-0.25, -0.2) is 0 Å². The quantitative estimate of drug-likeness (QED) is 0.931. The summed E-state index contributed by atoms with van der Waals surface area (Å²) in [7, 11) is 0. The first-order chi connectivity index (χ1) is 8.77. The molecular formula is C14H21ClN2OS. The zero-order valence-corrected chi connectivity index (χ0v) is 12.8. The number of halogens is 1. The standard InChI is InChI=1S/C14H20N2OS.ClH/c1-10(12-7-15-8-12)14(17)16-5-2-3-13(16)11-4-6-18-9-11;/h4,6,9-10,12-13,15H,2-3,5,7-8H2,1H3;1H. The lowest BCUT2D eigenvalue weighted by Gasteiger charge is -2.35. The molecule has 19 heavy (non-hydrogen) atoms. The Kier molecular flexibility index (Phi) is 4.87. The normalized spacial score (nSPS) is 24.7. The fraction of sp³-hybridized carbons (Fsp3) is 0.643. The van der Waals surface area contributed by atoms with Crippen LogP contribution < -0.4 is 5.32 Å². The first-order valence-electron chi connectivity index (χ1n) is 6.80. The zero-order valence-electron chi connectivity index (χ0n) is 11.2. The van der Waals surface area contributed by atoms with E-state index in [0.717, 1.165) is 32.5 Å². The predicted octanol–water partition coefficient (Wildman–Crippen LogP) is 2.69. The van der Waals surface area contributed by atoms with E-state index in [4.69, 9.17) is 0 Å². The van der Waals surface area contributed by atoms with E-state index in [9.17, 15) is 4.79 Å². The third-order valence-electron chi connectivity index (χ3n) is 4.37. The summed E-state index contributed by atoms with van der Waals surface area (Å²) in [6, 6.07) is 2.50. The second kappa shape index (κ2) is 6.25. The molecule has 3 heterocycles. The molecule has 1 N–H and O–H groups in total. The molecule has 2 aliphatic rings. The van der Waals surface area contributed by atoms with Crippen molar-refractivity contribution in [3.8, 4) is 0 Å². The molecule has 2 fully saturated rings. The third kappa shape index (κ3) is 2.81. The highest BCUT2D eigenvalue weighted by Crippen LogP contribution is 2.35. The number of likely N-dealkylation sites (tertiary alicyclic amines) is 1. The largest absolute Gasteiger partial charge is 0.335 e. The molecule has 0 saturated carbocycles. The van der Waals surface area contributed by atoms with Crippen LogP contribution in [0.4, 0.5) is 0 Å². The first-order valence-corrected chi connectivity index (χ1v) is 7.75. The lowest BCUT2D eigenvalue weighted by atomic mass is 9.87. The van der Waals surface area contributed by atoms with Gasteiger partial charge in [-0.1, -0.05) is 6.92 Å². The van der Waals surface area contributed by atoms with Gasteiger partial charge in [0.2, 0.25) is 5.91 Å². The van der Waals surface area contributed by atoms with Crippen LogP contribution in [0.5, 0.6) is 0 Å². The van der Waals surface area contributed by atoms with Crippen LogP contribution in [-0.4, -0.2) is 30.4 Å². The van der Waals surface area contributed by atoms with E-state index in [0.29, 0.717) is 17.9 Å². The smallest absolute Gasteiger partial charge is 0.226 e. The Bertz CT molecular complexity index is 419. The third-order valence-corrected chi connectivity index (χ3v) is 5.07. The van der Waals surface area contributed by atoms with Gasteiger partial charge >= 0.3 is 0 Å². The minimum absolute atomic E-state index is 0. The highest BCUT2D eigenvalue weighted by molar-refractivity contribution is 7.07. The molecule has 2 unspecified atom stereocenters. The molecule has 2 saturated heterocycles. The van der Waals surface area contributed by atoms with E-state index in [1.165, 1.54) is 5.56 Å². The first kappa shape index (κ1) is 14.8. The second-order valence-corrected chi connectivity index (χ2v) is 6.23. The Labute approximate surface area is 124 Å². The fourth-order valence-corrected chi connectivity index (χ4v) is 3.68. The highest BCUT2D eigenvalue weighted by Gasteiger charge is 2.36. The second-order valence-electron chi connectivity index (χ2n) is 5.45. The van der Waals surface area contributed by atoms with Crippen molar-refractivity contribution < 1.29 is 4.79 Å². The monoisotopic (exact) mass is 300 g/mol. The van der Waals surface area contributed by atoms with E-state index in [1.54, 1.807) is 11.3 Å². The molecule has 0 radical (unpaired) electrons. The summed E-state index contributed by atoms with van der Waals surface area (Å²) in [6.07, 6.45) is 2.26. The van der Waals surface area contributed by atoms with Gasteiger partial charge in [0.25, 0.3) is 0 Å². The van der Waals surface area contributed by atoms with Crippen LogP contribution in [0.15, 0.2) is 16.8 Å². The van der Waals surface area contributed by atoms with E-state index >= 15 is 0 Å². The lowest BCUT2D eigenvalue weighted by molar-refractivity contribution is -0.138. The summed E-state index contributed by atoms with van der Waals surface area (Å²) in [5.41, 5.74) is 1.32. The van der Waals surface area contributed by atoms with Crippen LogP contribution in [0.2, 0.25) is 0 Å². The molecular weight excluding hydrogens is 280 g/mol. The van der Waals surface area contributed by atoms with Crippen molar-refractivity contribution in [1.29, 1.82) is 0 Å². The topological polar surface area (TPSA) is 32.3 Å². The van der Waals surface area contributed by atoms with Gasteiger partial charge in [0.1, 0.15) is 0 Å². The van der Waals surface area contributed by atoms with Gasteiger partial charge in [0, 0.05) is 12.5 Å². The van der Waals surface area contributed by atoms with E-state index < -0.39 is 0 Å². The molecule has 0 spiro atoms. The van der Waals surface area contributed by atoms with Crippen LogP contribution in [0.3, 0.4) is 0 Å². The van der Waals surface area contributed by atoms with Gasteiger partial charge < -0.3 is 10.2 Å². The summed E-state index contributed by atoms with van der Waals surface area (Å²) < 4.78 is 0. The number of nitrogens with one attached hydrogen (secondary N) is 1. The molecule has 1 amide bonds. The molecule has 0 aliphatic carbocycles. The Morgan fingerprint density at radius 1 is 1.53 bits per heavy atom. The minimum atomic E-state index is 0. The number of hydrogen-bond donors (Lipinski definition) is 1. The minimum Gasteiger partial charge on any atom is -0.335 e. The maximum absolute atomic E-state index is 12.6. The predicted molar refractivity (Wildman–Crippen MR) is 80.8 cm³/mol. The van der Waals surface area contributed by atoms with Crippen molar-refractivity contribution in [2.75, 3.05) is 19.6 Å². The average molecular weight is 301 g/mol. The van der Waals surface area contributed by atoms with Crippen molar-refractivity contribution in [3.63, 3.8) is 0 Å². The molecule has 3 rings (SSSR count). The fourth-order valence-electron chi connectivity index (χ4n) is 2.97. The highest BCUT2D eigenvalue weighted by atomic mass is 35.5. The van der Waals surface area contributed by atoms with E-state index in [2.05, 4.69) is 34.0 Å². The molecule has 1 aromatic rings. The SMILES string of the molecule is CC(C(=O)N1CCCC1c1ccsc1)C1CNC1.Cl. The zero-order chi connectivity index (χ0) is 12.5. The van der Waals surface area contributed by atoms with Crippen LogP contribution in [0.25, 0.3) is 0 Å². The number of amides is 1. The van der Waals surface area contributed by atoms with Crippen LogP contribution in [-0.2, 0) is 4.79 Å². The molecule has 2 atom stereocenters. The molecule has 106 valence electrons. The van der Waals surface area contributed by atoms with Crippen molar-refractivity contribution in [3.05, 3.63) is 22.4 Å². The molecule has 0 bridgehead atoms. The Morgan fingerprint density at radius 3 is 2.89 bits per heavy atom. The molecule has 3 nitrogen and oxygen atoms in total. The molecule has 1 aromatic heterocycles. The molecule has 5 heteroatoms. The van der Waals surface area contributed by atoms with Gasteiger partial charge in [-0.2, -0.15) is 11.3 Å². The van der Waals surface area contributed by atoms with Crippen molar-refractivity contribution >= 4 is 29.7 Å². The van der Waals surface area contributed by atoms with Gasteiger partial charge in [0.15, 0.2) is 0 Å². The van der Waals surface area contributed by atoms with Gasteiger partial charge in [-0.05, 0) is 54.2 Å². The Balaban J connectivity index is 0.00000133. The molecule has 2 aliphatic heterocycles. The van der Waals surface area contributed by atoms with Crippen LogP contribution in [0.1, 0.15) is 31.4 Å². The summed E-state index contributed by atoms with van der Waals surface area (Å²) in [5.74, 6) is 1.07. The maximum atomic E-state index is 12.6. The summed E-state index contributed by atoms with van der Waals surface area (Å²) in [5, 5.41) is 7.55. The lowest BCUT2D eigenvalue weighted by Crippen LogP contribution is -2.50. The van der Waals surface area contributed by atoms with Crippen molar-refractivity contribution in [2.45, 2.75) is 25.8 Å². The Morgan fingerprint density at radius 2 is 2.32 bits per heavy atom.